The van der Waals surface area contributed by atoms with Gasteiger partial charge in [-0.3, -0.25) is 4.79 Å². The van der Waals surface area contributed by atoms with Gasteiger partial charge in [0.05, 0.1) is 26.9 Å². The highest BCUT2D eigenvalue weighted by Gasteiger charge is 2.20. The lowest BCUT2D eigenvalue weighted by atomic mass is 10.1. The fourth-order valence-corrected chi connectivity index (χ4v) is 2.18. The van der Waals surface area contributed by atoms with Crippen molar-refractivity contribution in [2.24, 2.45) is 0 Å². The van der Waals surface area contributed by atoms with Crippen LogP contribution in [0.1, 0.15) is 15.9 Å². The highest BCUT2D eigenvalue weighted by molar-refractivity contribution is 6.29. The van der Waals surface area contributed by atoms with Gasteiger partial charge in [0.2, 0.25) is 5.75 Å². The second-order valence-corrected chi connectivity index (χ2v) is 4.94. The van der Waals surface area contributed by atoms with E-state index in [0.717, 1.165) is 5.56 Å². The summed E-state index contributed by atoms with van der Waals surface area (Å²) in [5.74, 6) is 0.884. The number of nitrogens with one attached hydrogen (secondary N) is 1. The quantitative estimate of drug-likeness (QED) is 0.821. The third kappa shape index (κ3) is 3.84. The van der Waals surface area contributed by atoms with Gasteiger partial charge in [-0.2, -0.15) is 0 Å². The molecule has 2 rings (SSSR count). The highest BCUT2D eigenvalue weighted by atomic mass is 35.5. The largest absolute Gasteiger partial charge is 0.493 e. The molecule has 0 aliphatic rings. The normalized spacial score (nSPS) is 10.1. The summed E-state index contributed by atoms with van der Waals surface area (Å²) in [7, 11) is 4.48. The molecular formula is C16H17ClN2O4. The molecule has 0 aliphatic carbocycles. The van der Waals surface area contributed by atoms with E-state index < -0.39 is 0 Å². The average molecular weight is 337 g/mol. The number of carbonyl (C=O) groups is 1. The fraction of sp³-hybridized carbons (Fsp3) is 0.250. The number of rotatable bonds is 6. The molecule has 0 aliphatic heterocycles. The van der Waals surface area contributed by atoms with E-state index in [9.17, 15) is 4.79 Å². The second-order valence-electron chi connectivity index (χ2n) is 4.55. The lowest BCUT2D eigenvalue weighted by molar-refractivity contribution is 0.0947. The molecule has 0 saturated carbocycles. The van der Waals surface area contributed by atoms with Crippen molar-refractivity contribution in [1.82, 2.24) is 10.3 Å². The van der Waals surface area contributed by atoms with Gasteiger partial charge in [0, 0.05) is 12.7 Å². The van der Waals surface area contributed by atoms with E-state index in [2.05, 4.69) is 10.3 Å². The molecule has 0 saturated heterocycles. The molecule has 122 valence electrons. The van der Waals surface area contributed by atoms with Gasteiger partial charge in [0.1, 0.15) is 5.15 Å². The number of methoxy groups -OCH3 is 3. The van der Waals surface area contributed by atoms with Crippen LogP contribution < -0.4 is 19.5 Å². The number of amides is 1. The van der Waals surface area contributed by atoms with Gasteiger partial charge >= 0.3 is 0 Å². The fourth-order valence-electron chi connectivity index (χ4n) is 2.07. The monoisotopic (exact) mass is 336 g/mol. The molecule has 0 spiro atoms. The Morgan fingerprint density at radius 2 is 1.83 bits per heavy atom. The molecule has 6 nitrogen and oxygen atoms in total. The van der Waals surface area contributed by atoms with Crippen molar-refractivity contribution in [2.75, 3.05) is 21.3 Å². The molecule has 0 fully saturated rings. The predicted molar refractivity (Wildman–Crippen MR) is 86.5 cm³/mol. The number of hydrogen-bond donors (Lipinski definition) is 1. The van der Waals surface area contributed by atoms with Gasteiger partial charge in [0.25, 0.3) is 5.91 Å². The predicted octanol–water partition coefficient (Wildman–Crippen LogP) is 2.69. The van der Waals surface area contributed by atoms with Gasteiger partial charge in [-0.15, -0.1) is 0 Å². The Balaban J connectivity index is 2.20. The SMILES string of the molecule is COc1ccc(C(=O)NCc2ccc(Cl)nc2)c(OC)c1OC. The maximum atomic E-state index is 12.4. The zero-order valence-electron chi connectivity index (χ0n) is 13.1. The maximum Gasteiger partial charge on any atom is 0.255 e. The minimum atomic E-state index is -0.294. The van der Waals surface area contributed by atoms with Crippen molar-refractivity contribution in [1.29, 1.82) is 0 Å². The zero-order chi connectivity index (χ0) is 16.8. The van der Waals surface area contributed by atoms with E-state index in [1.807, 2.05) is 0 Å². The Morgan fingerprint density at radius 1 is 1.09 bits per heavy atom. The van der Waals surface area contributed by atoms with Crippen LogP contribution in [-0.2, 0) is 6.54 Å². The van der Waals surface area contributed by atoms with Gasteiger partial charge in [-0.1, -0.05) is 17.7 Å². The molecule has 1 N–H and O–H groups in total. The van der Waals surface area contributed by atoms with Crippen LogP contribution in [0.5, 0.6) is 17.2 Å². The molecular weight excluding hydrogens is 320 g/mol. The molecule has 0 atom stereocenters. The standard InChI is InChI=1S/C16H17ClN2O4/c1-21-12-6-5-11(14(22-2)15(12)23-3)16(20)19-9-10-4-7-13(17)18-8-10/h4-8H,9H2,1-3H3,(H,19,20). The van der Waals surface area contributed by atoms with Gasteiger partial charge in [0.15, 0.2) is 11.5 Å². The highest BCUT2D eigenvalue weighted by Crippen LogP contribution is 2.39. The summed E-state index contributed by atoms with van der Waals surface area (Å²) in [4.78, 5) is 16.4. The van der Waals surface area contributed by atoms with E-state index >= 15 is 0 Å². The second kappa shape index (κ2) is 7.69. The Morgan fingerprint density at radius 3 is 2.39 bits per heavy atom. The van der Waals surface area contributed by atoms with Crippen molar-refractivity contribution in [3.8, 4) is 17.2 Å². The number of halogens is 1. The van der Waals surface area contributed by atoms with Crippen LogP contribution in [0.15, 0.2) is 30.5 Å². The summed E-state index contributed by atoms with van der Waals surface area (Å²) in [5.41, 5.74) is 1.19. The number of hydrogen-bond acceptors (Lipinski definition) is 5. The first-order valence-corrected chi connectivity index (χ1v) is 7.16. The zero-order valence-corrected chi connectivity index (χ0v) is 13.8. The molecule has 2 aromatic rings. The number of aromatic nitrogens is 1. The van der Waals surface area contributed by atoms with Crippen LogP contribution in [0, 0.1) is 0 Å². The molecule has 1 aromatic carbocycles. The third-order valence-corrected chi connectivity index (χ3v) is 3.41. The molecule has 23 heavy (non-hydrogen) atoms. The van der Waals surface area contributed by atoms with Crippen LogP contribution >= 0.6 is 11.6 Å². The summed E-state index contributed by atoms with van der Waals surface area (Å²) in [6, 6.07) is 6.73. The molecule has 7 heteroatoms. The van der Waals surface area contributed by atoms with Crippen molar-refractivity contribution in [3.63, 3.8) is 0 Å². The lowest BCUT2D eigenvalue weighted by Gasteiger charge is -2.15. The summed E-state index contributed by atoms with van der Waals surface area (Å²) < 4.78 is 15.8. The van der Waals surface area contributed by atoms with E-state index in [4.69, 9.17) is 25.8 Å². The van der Waals surface area contributed by atoms with Crippen molar-refractivity contribution >= 4 is 17.5 Å². The van der Waals surface area contributed by atoms with Crippen LogP contribution in [0.25, 0.3) is 0 Å². The van der Waals surface area contributed by atoms with E-state index in [1.165, 1.54) is 21.3 Å². The average Bonchev–Trinajstić information content (AvgIpc) is 2.59. The number of carbonyl (C=O) groups excluding carboxylic acids is 1. The molecule has 1 aromatic heterocycles. The van der Waals surface area contributed by atoms with Crippen LogP contribution in [-0.4, -0.2) is 32.2 Å². The Bertz CT molecular complexity index is 689. The lowest BCUT2D eigenvalue weighted by Crippen LogP contribution is -2.23. The van der Waals surface area contributed by atoms with E-state index in [1.54, 1.807) is 30.5 Å². The maximum absolute atomic E-state index is 12.4. The summed E-state index contributed by atoms with van der Waals surface area (Å²) in [5, 5.41) is 3.20. The number of ether oxygens (including phenoxy) is 3. The van der Waals surface area contributed by atoms with Crippen LogP contribution in [0.4, 0.5) is 0 Å². The Kier molecular flexibility index (Phi) is 5.65. The van der Waals surface area contributed by atoms with Gasteiger partial charge < -0.3 is 19.5 Å². The van der Waals surface area contributed by atoms with Crippen molar-refractivity contribution < 1.29 is 19.0 Å². The number of benzene rings is 1. The number of nitrogens with zero attached hydrogens (tertiary/aromatic N) is 1. The molecule has 0 unspecified atom stereocenters. The Labute approximate surface area is 139 Å². The summed E-state index contributed by atoms with van der Waals surface area (Å²) in [6.07, 6.45) is 1.61. The third-order valence-electron chi connectivity index (χ3n) is 3.19. The van der Waals surface area contributed by atoms with Gasteiger partial charge in [-0.25, -0.2) is 4.98 Å². The summed E-state index contributed by atoms with van der Waals surface area (Å²) >= 11 is 5.73. The van der Waals surface area contributed by atoms with Gasteiger partial charge in [-0.05, 0) is 23.8 Å². The van der Waals surface area contributed by atoms with E-state index in [-0.39, 0.29) is 5.91 Å². The first kappa shape index (κ1) is 16.9. The Hall–Kier alpha value is -2.47. The topological polar surface area (TPSA) is 69.7 Å². The molecule has 0 radical (unpaired) electrons. The molecule has 1 heterocycles. The van der Waals surface area contributed by atoms with Crippen molar-refractivity contribution in [2.45, 2.75) is 6.54 Å². The number of pyridine rings is 1. The van der Waals surface area contributed by atoms with Crippen molar-refractivity contribution in [3.05, 3.63) is 46.7 Å². The minimum absolute atomic E-state index is 0.294. The smallest absolute Gasteiger partial charge is 0.255 e. The molecule has 0 bridgehead atoms. The molecule has 1 amide bonds. The first-order valence-electron chi connectivity index (χ1n) is 6.78. The first-order chi connectivity index (χ1) is 11.1. The summed E-state index contributed by atoms with van der Waals surface area (Å²) in [6.45, 7) is 0.320. The van der Waals surface area contributed by atoms with E-state index in [0.29, 0.717) is 34.5 Å². The van der Waals surface area contributed by atoms with Crippen LogP contribution in [0.2, 0.25) is 5.15 Å². The van der Waals surface area contributed by atoms with Crippen LogP contribution in [0.3, 0.4) is 0 Å². The minimum Gasteiger partial charge on any atom is -0.493 e.